The molecule has 1 fully saturated rings. The molecule has 44 heavy (non-hydrogen) atoms. The van der Waals surface area contributed by atoms with Crippen LogP contribution in [0.2, 0.25) is 0 Å². The van der Waals surface area contributed by atoms with Crippen molar-refractivity contribution in [2.75, 3.05) is 59.5 Å². The highest BCUT2D eigenvalue weighted by Gasteiger charge is 2.35. The summed E-state index contributed by atoms with van der Waals surface area (Å²) >= 11 is 0. The number of aliphatic hydroxyl groups is 1. The van der Waals surface area contributed by atoms with Crippen LogP contribution in [0, 0.1) is 0 Å². The van der Waals surface area contributed by atoms with E-state index >= 15 is 0 Å². The van der Waals surface area contributed by atoms with Crippen molar-refractivity contribution < 1.29 is 51.6 Å². The Morgan fingerprint density at radius 2 is 1.57 bits per heavy atom. The molecule has 0 aliphatic carbocycles. The molecule has 3 aromatic rings. The van der Waals surface area contributed by atoms with Gasteiger partial charge in [0.25, 0.3) is 5.56 Å². The number of nitrogens with one attached hydrogen (secondary N) is 2. The van der Waals surface area contributed by atoms with Gasteiger partial charge in [0.05, 0.1) is 63.8 Å². The summed E-state index contributed by atoms with van der Waals surface area (Å²) in [5.41, 5.74) is -1.01. The SMILES string of the molecule is O=C(OCCOCCOCCOCCO)OCC1C[C@@H](c2ccc3cc(-c4ccccc4C(F)(F)F)[nH]c(=O)c3c2)C(=O)N1. The smallest absolute Gasteiger partial charge is 0.432 e. The fourth-order valence-corrected chi connectivity index (χ4v) is 4.75. The van der Waals surface area contributed by atoms with Crippen LogP contribution in [0.15, 0.2) is 53.3 Å². The van der Waals surface area contributed by atoms with Crippen LogP contribution in [0.25, 0.3) is 22.0 Å². The van der Waals surface area contributed by atoms with Crippen molar-refractivity contribution in [1.29, 1.82) is 0 Å². The number of hydrogen-bond acceptors (Lipinski definition) is 9. The van der Waals surface area contributed by atoms with E-state index in [-0.39, 0.29) is 55.6 Å². The zero-order valence-corrected chi connectivity index (χ0v) is 23.7. The van der Waals surface area contributed by atoms with Gasteiger partial charge >= 0.3 is 12.3 Å². The van der Waals surface area contributed by atoms with E-state index in [9.17, 15) is 27.6 Å². The number of benzene rings is 2. The number of rotatable bonds is 15. The molecule has 3 N–H and O–H groups in total. The van der Waals surface area contributed by atoms with Crippen LogP contribution in [0.4, 0.5) is 18.0 Å². The Bertz CT molecular complexity index is 1480. The number of aliphatic hydroxyl groups excluding tert-OH is 1. The highest BCUT2D eigenvalue weighted by molar-refractivity contribution is 5.90. The molecule has 1 aliphatic rings. The highest BCUT2D eigenvalue weighted by atomic mass is 19.4. The molecule has 2 atom stereocenters. The molecular weight excluding hydrogens is 589 g/mol. The third-order valence-corrected chi connectivity index (χ3v) is 6.81. The topological polar surface area (TPSA) is 145 Å². The lowest BCUT2D eigenvalue weighted by Gasteiger charge is -2.14. The molecule has 1 saturated heterocycles. The fourth-order valence-electron chi connectivity index (χ4n) is 4.75. The predicted molar refractivity (Wildman–Crippen MR) is 151 cm³/mol. The molecule has 4 rings (SSSR count). The standard InChI is InChI=1S/C30H33F3N2O9/c31-30(32,33)25-4-2-1-3-22(25)26-16-20-6-5-19(15-23(20)28(38)35-26)24-17-21(34-27(24)37)18-44-29(39)43-14-13-42-12-11-41-10-9-40-8-7-36/h1-6,15-16,21,24,36H,7-14,17-18H2,(H,34,37)(H,35,38)/t21?,24-/m0/s1. The van der Waals surface area contributed by atoms with Gasteiger partial charge in [0.2, 0.25) is 5.91 Å². The largest absolute Gasteiger partial charge is 0.508 e. The number of carbonyl (C=O) groups excluding carboxylic acids is 2. The van der Waals surface area contributed by atoms with Crippen LogP contribution < -0.4 is 10.9 Å². The van der Waals surface area contributed by atoms with Gasteiger partial charge < -0.3 is 39.1 Å². The van der Waals surface area contributed by atoms with E-state index < -0.39 is 35.4 Å². The molecule has 238 valence electrons. The van der Waals surface area contributed by atoms with Gasteiger partial charge in [-0.25, -0.2) is 4.79 Å². The number of aromatic amines is 1. The van der Waals surface area contributed by atoms with Crippen molar-refractivity contribution in [2.24, 2.45) is 0 Å². The Balaban J connectivity index is 1.25. The first kappa shape index (κ1) is 32.9. The molecule has 1 aliphatic heterocycles. The number of fused-ring (bicyclic) bond motifs is 1. The number of amides is 1. The average molecular weight is 623 g/mol. The van der Waals surface area contributed by atoms with Crippen LogP contribution in [0.1, 0.15) is 23.5 Å². The number of halogens is 3. The summed E-state index contributed by atoms with van der Waals surface area (Å²) in [5.74, 6) is -0.931. The number of carbonyl (C=O) groups is 2. The van der Waals surface area contributed by atoms with Gasteiger partial charge in [0.1, 0.15) is 13.2 Å². The van der Waals surface area contributed by atoms with E-state index in [2.05, 4.69) is 10.3 Å². The van der Waals surface area contributed by atoms with Gasteiger partial charge in [-0.1, -0.05) is 30.3 Å². The molecule has 0 saturated carbocycles. The summed E-state index contributed by atoms with van der Waals surface area (Å²) in [6.45, 7) is 1.56. The molecule has 1 aromatic heterocycles. The second-order valence-electron chi connectivity index (χ2n) is 9.87. The summed E-state index contributed by atoms with van der Waals surface area (Å²) in [6, 6.07) is 10.8. The summed E-state index contributed by atoms with van der Waals surface area (Å²) in [4.78, 5) is 40.0. The second kappa shape index (κ2) is 15.7. The normalized spacial score (nSPS) is 16.7. The van der Waals surface area contributed by atoms with Crippen molar-refractivity contribution in [3.05, 3.63) is 70.0 Å². The maximum Gasteiger partial charge on any atom is 0.508 e. The van der Waals surface area contributed by atoms with E-state index in [4.69, 9.17) is 28.8 Å². The van der Waals surface area contributed by atoms with Crippen molar-refractivity contribution >= 4 is 22.8 Å². The number of alkyl halides is 3. The van der Waals surface area contributed by atoms with Gasteiger partial charge in [0, 0.05) is 16.6 Å². The average Bonchev–Trinajstić information content (AvgIpc) is 3.38. The lowest BCUT2D eigenvalue weighted by Crippen LogP contribution is -2.31. The predicted octanol–water partition coefficient (Wildman–Crippen LogP) is 3.38. The van der Waals surface area contributed by atoms with E-state index in [1.165, 1.54) is 24.3 Å². The van der Waals surface area contributed by atoms with E-state index in [1.807, 2.05) is 0 Å². The summed E-state index contributed by atoms with van der Waals surface area (Å²) < 4.78 is 66.2. The van der Waals surface area contributed by atoms with Gasteiger partial charge in [-0.2, -0.15) is 13.2 Å². The highest BCUT2D eigenvalue weighted by Crippen LogP contribution is 2.37. The minimum atomic E-state index is -4.60. The molecule has 2 heterocycles. The summed E-state index contributed by atoms with van der Waals surface area (Å²) in [7, 11) is 0. The zero-order chi connectivity index (χ0) is 31.5. The monoisotopic (exact) mass is 622 g/mol. The zero-order valence-electron chi connectivity index (χ0n) is 23.7. The van der Waals surface area contributed by atoms with Gasteiger partial charge in [0.15, 0.2) is 0 Å². The molecule has 2 aromatic carbocycles. The Kier molecular flexibility index (Phi) is 11.7. The summed E-state index contributed by atoms with van der Waals surface area (Å²) in [6.07, 6.45) is -5.22. The number of hydrogen-bond donors (Lipinski definition) is 3. The minimum absolute atomic E-state index is 0.0308. The van der Waals surface area contributed by atoms with Crippen molar-refractivity contribution in [3.8, 4) is 11.3 Å². The third-order valence-electron chi connectivity index (χ3n) is 6.81. The maximum atomic E-state index is 13.5. The molecular formula is C30H33F3N2O9. The molecule has 14 heteroatoms. The maximum absolute atomic E-state index is 13.5. The molecule has 11 nitrogen and oxygen atoms in total. The number of pyridine rings is 1. The Morgan fingerprint density at radius 1 is 0.886 bits per heavy atom. The lowest BCUT2D eigenvalue weighted by molar-refractivity contribution is -0.137. The van der Waals surface area contributed by atoms with E-state index in [0.717, 1.165) is 6.07 Å². The first-order chi connectivity index (χ1) is 21.2. The Hall–Kier alpha value is -3.98. The van der Waals surface area contributed by atoms with Crippen LogP contribution in [-0.2, 0) is 34.7 Å². The van der Waals surface area contributed by atoms with E-state index in [1.54, 1.807) is 18.2 Å². The molecule has 0 spiro atoms. The van der Waals surface area contributed by atoms with Crippen molar-refractivity contribution in [3.63, 3.8) is 0 Å². The first-order valence-corrected chi connectivity index (χ1v) is 13.9. The van der Waals surface area contributed by atoms with Crippen LogP contribution in [-0.4, -0.2) is 87.7 Å². The quantitative estimate of drug-likeness (QED) is 0.172. The molecule has 0 bridgehead atoms. The Labute approximate surface area is 250 Å². The number of ether oxygens (including phenoxy) is 5. The fraction of sp³-hybridized carbons (Fsp3) is 0.433. The lowest BCUT2D eigenvalue weighted by atomic mass is 9.93. The number of aromatic nitrogens is 1. The molecule has 1 unspecified atom stereocenters. The first-order valence-electron chi connectivity index (χ1n) is 13.9. The van der Waals surface area contributed by atoms with E-state index in [0.29, 0.717) is 43.8 Å². The summed E-state index contributed by atoms with van der Waals surface area (Å²) in [5, 5.41) is 12.0. The second-order valence-corrected chi connectivity index (χ2v) is 9.87. The van der Waals surface area contributed by atoms with Crippen LogP contribution in [0.3, 0.4) is 0 Å². The van der Waals surface area contributed by atoms with Crippen LogP contribution in [0.5, 0.6) is 0 Å². The minimum Gasteiger partial charge on any atom is -0.432 e. The van der Waals surface area contributed by atoms with Gasteiger partial charge in [-0.05, 0) is 35.6 Å². The number of H-pyrrole nitrogens is 1. The van der Waals surface area contributed by atoms with Gasteiger partial charge in [-0.15, -0.1) is 0 Å². The Morgan fingerprint density at radius 3 is 2.27 bits per heavy atom. The van der Waals surface area contributed by atoms with Crippen molar-refractivity contribution in [1.82, 2.24) is 10.3 Å². The molecule has 0 radical (unpaired) electrons. The third kappa shape index (κ3) is 9.02. The molecule has 1 amide bonds. The van der Waals surface area contributed by atoms with Gasteiger partial charge in [-0.3, -0.25) is 9.59 Å². The van der Waals surface area contributed by atoms with Crippen molar-refractivity contribution in [2.45, 2.75) is 24.6 Å². The van der Waals surface area contributed by atoms with Crippen LogP contribution >= 0.6 is 0 Å².